The van der Waals surface area contributed by atoms with Crippen molar-refractivity contribution in [2.75, 3.05) is 46.3 Å². The summed E-state index contributed by atoms with van der Waals surface area (Å²) < 4.78 is 0. The minimum absolute atomic E-state index is 0.310. The lowest BCUT2D eigenvalue weighted by molar-refractivity contribution is 0.0710. The largest absolute Gasteiger partial charge is 0.314 e. The summed E-state index contributed by atoms with van der Waals surface area (Å²) in [7, 11) is 2.25. The van der Waals surface area contributed by atoms with Crippen molar-refractivity contribution in [2.45, 2.75) is 39.2 Å². The SMILES string of the molecule is CCCCN(C)CC(C)(C)N1CCNCC1. The first-order valence-electron chi connectivity index (χ1n) is 6.70. The van der Waals surface area contributed by atoms with E-state index in [1.54, 1.807) is 0 Å². The molecule has 0 saturated carbocycles. The standard InChI is InChI=1S/C13H29N3/c1-5-6-9-15(4)12-13(2,3)16-10-7-14-8-11-16/h14H,5-12H2,1-4H3. The molecule has 1 rings (SSSR count). The average molecular weight is 227 g/mol. The molecule has 1 aliphatic rings. The second-order valence-corrected chi connectivity index (χ2v) is 5.64. The molecule has 0 amide bonds. The molecule has 1 aliphatic heterocycles. The van der Waals surface area contributed by atoms with Gasteiger partial charge < -0.3 is 10.2 Å². The highest BCUT2D eigenvalue weighted by Crippen LogP contribution is 2.16. The van der Waals surface area contributed by atoms with E-state index in [-0.39, 0.29) is 0 Å². The van der Waals surface area contributed by atoms with Gasteiger partial charge in [0.15, 0.2) is 0 Å². The van der Waals surface area contributed by atoms with Crippen LogP contribution >= 0.6 is 0 Å². The first-order chi connectivity index (χ1) is 7.56. The zero-order valence-corrected chi connectivity index (χ0v) is 11.6. The van der Waals surface area contributed by atoms with E-state index in [9.17, 15) is 0 Å². The Morgan fingerprint density at radius 2 is 1.88 bits per heavy atom. The van der Waals surface area contributed by atoms with E-state index in [1.807, 2.05) is 0 Å². The van der Waals surface area contributed by atoms with Crippen molar-refractivity contribution < 1.29 is 0 Å². The molecule has 1 heterocycles. The van der Waals surface area contributed by atoms with Crippen LogP contribution in [0.15, 0.2) is 0 Å². The lowest BCUT2D eigenvalue weighted by Crippen LogP contribution is -2.57. The molecule has 0 radical (unpaired) electrons. The number of nitrogens with zero attached hydrogens (tertiary/aromatic N) is 2. The fraction of sp³-hybridized carbons (Fsp3) is 1.00. The summed E-state index contributed by atoms with van der Waals surface area (Å²) in [5, 5.41) is 3.42. The van der Waals surface area contributed by atoms with E-state index in [0.29, 0.717) is 5.54 Å². The third-order valence-corrected chi connectivity index (χ3v) is 3.52. The van der Waals surface area contributed by atoms with Crippen LogP contribution < -0.4 is 5.32 Å². The Morgan fingerprint density at radius 1 is 1.25 bits per heavy atom. The third kappa shape index (κ3) is 4.40. The summed E-state index contributed by atoms with van der Waals surface area (Å²) in [4.78, 5) is 5.09. The van der Waals surface area contributed by atoms with Crippen LogP contribution in [0.4, 0.5) is 0 Å². The first kappa shape index (κ1) is 13.9. The van der Waals surface area contributed by atoms with Gasteiger partial charge in [0, 0.05) is 38.3 Å². The average Bonchev–Trinajstić information content (AvgIpc) is 2.27. The third-order valence-electron chi connectivity index (χ3n) is 3.52. The fourth-order valence-corrected chi connectivity index (χ4v) is 2.54. The maximum absolute atomic E-state index is 3.42. The van der Waals surface area contributed by atoms with Gasteiger partial charge in [0.25, 0.3) is 0 Å². The molecule has 3 nitrogen and oxygen atoms in total. The topological polar surface area (TPSA) is 18.5 Å². The molecule has 96 valence electrons. The number of nitrogens with one attached hydrogen (secondary N) is 1. The van der Waals surface area contributed by atoms with Crippen molar-refractivity contribution in [1.29, 1.82) is 0 Å². The van der Waals surface area contributed by atoms with E-state index < -0.39 is 0 Å². The summed E-state index contributed by atoms with van der Waals surface area (Å²) in [6, 6.07) is 0. The molecule has 16 heavy (non-hydrogen) atoms. The summed E-state index contributed by atoms with van der Waals surface area (Å²) in [6.07, 6.45) is 2.60. The molecule has 0 aromatic heterocycles. The zero-order valence-electron chi connectivity index (χ0n) is 11.6. The Bertz CT molecular complexity index is 186. The molecule has 1 saturated heterocycles. The summed E-state index contributed by atoms with van der Waals surface area (Å²) in [5.41, 5.74) is 0.310. The summed E-state index contributed by atoms with van der Waals surface area (Å²) in [6.45, 7) is 14.1. The van der Waals surface area contributed by atoms with Gasteiger partial charge in [0.2, 0.25) is 0 Å². The Morgan fingerprint density at radius 3 is 2.44 bits per heavy atom. The zero-order chi connectivity index (χ0) is 12.0. The van der Waals surface area contributed by atoms with Crippen LogP contribution in [0.1, 0.15) is 33.6 Å². The quantitative estimate of drug-likeness (QED) is 0.740. The van der Waals surface area contributed by atoms with Gasteiger partial charge in [0.1, 0.15) is 0 Å². The van der Waals surface area contributed by atoms with E-state index >= 15 is 0 Å². The Kier molecular flexibility index (Phi) is 5.73. The number of rotatable bonds is 6. The monoisotopic (exact) mass is 227 g/mol. The van der Waals surface area contributed by atoms with E-state index in [2.05, 4.69) is 42.9 Å². The van der Waals surface area contributed by atoms with Crippen molar-refractivity contribution in [3.8, 4) is 0 Å². The molecule has 0 bridgehead atoms. The highest BCUT2D eigenvalue weighted by molar-refractivity contribution is 4.86. The number of likely N-dealkylation sites (N-methyl/N-ethyl adjacent to an activating group) is 1. The van der Waals surface area contributed by atoms with Crippen molar-refractivity contribution >= 4 is 0 Å². The van der Waals surface area contributed by atoms with Crippen LogP contribution in [-0.2, 0) is 0 Å². The summed E-state index contributed by atoms with van der Waals surface area (Å²) in [5.74, 6) is 0. The van der Waals surface area contributed by atoms with Gasteiger partial charge in [-0.25, -0.2) is 0 Å². The van der Waals surface area contributed by atoms with Gasteiger partial charge in [-0.15, -0.1) is 0 Å². The highest BCUT2D eigenvalue weighted by Gasteiger charge is 2.28. The van der Waals surface area contributed by atoms with E-state index in [4.69, 9.17) is 0 Å². The van der Waals surface area contributed by atoms with Crippen LogP contribution in [0.3, 0.4) is 0 Å². The van der Waals surface area contributed by atoms with Gasteiger partial charge in [-0.1, -0.05) is 13.3 Å². The van der Waals surface area contributed by atoms with Crippen molar-refractivity contribution in [1.82, 2.24) is 15.1 Å². The van der Waals surface area contributed by atoms with Crippen LogP contribution in [0.5, 0.6) is 0 Å². The molecule has 0 aromatic rings. The van der Waals surface area contributed by atoms with Crippen LogP contribution in [0.25, 0.3) is 0 Å². The number of hydrogen-bond acceptors (Lipinski definition) is 3. The van der Waals surface area contributed by atoms with Gasteiger partial charge in [0.05, 0.1) is 0 Å². The van der Waals surface area contributed by atoms with Crippen LogP contribution in [-0.4, -0.2) is 61.7 Å². The van der Waals surface area contributed by atoms with Gasteiger partial charge in [-0.05, 0) is 33.9 Å². The molecule has 0 aromatic carbocycles. The maximum Gasteiger partial charge on any atom is 0.0281 e. The predicted octanol–water partition coefficient (Wildman–Crippen LogP) is 1.40. The molecular formula is C13H29N3. The molecule has 3 heteroatoms. The van der Waals surface area contributed by atoms with E-state index in [1.165, 1.54) is 39.0 Å². The molecule has 0 unspecified atom stereocenters. The first-order valence-corrected chi connectivity index (χ1v) is 6.70. The molecule has 1 fully saturated rings. The normalized spacial score (nSPS) is 19.3. The second-order valence-electron chi connectivity index (χ2n) is 5.64. The minimum Gasteiger partial charge on any atom is -0.314 e. The lowest BCUT2D eigenvalue weighted by atomic mass is 10.0. The number of unbranched alkanes of at least 4 members (excludes halogenated alkanes) is 1. The van der Waals surface area contributed by atoms with Gasteiger partial charge in [-0.3, -0.25) is 4.90 Å². The van der Waals surface area contributed by atoms with Crippen LogP contribution in [0.2, 0.25) is 0 Å². The number of hydrogen-bond donors (Lipinski definition) is 1. The highest BCUT2D eigenvalue weighted by atomic mass is 15.3. The second kappa shape index (κ2) is 6.58. The molecule has 0 atom stereocenters. The molecular weight excluding hydrogens is 198 g/mol. The summed E-state index contributed by atoms with van der Waals surface area (Å²) >= 11 is 0. The minimum atomic E-state index is 0.310. The van der Waals surface area contributed by atoms with Gasteiger partial charge >= 0.3 is 0 Å². The molecule has 0 aliphatic carbocycles. The number of piperazine rings is 1. The predicted molar refractivity (Wildman–Crippen MR) is 70.9 cm³/mol. The fourth-order valence-electron chi connectivity index (χ4n) is 2.54. The van der Waals surface area contributed by atoms with E-state index in [0.717, 1.165) is 13.1 Å². The van der Waals surface area contributed by atoms with Crippen molar-refractivity contribution in [2.24, 2.45) is 0 Å². The molecule has 0 spiro atoms. The van der Waals surface area contributed by atoms with Crippen molar-refractivity contribution in [3.63, 3.8) is 0 Å². The Labute approximate surface area is 101 Å². The van der Waals surface area contributed by atoms with Crippen molar-refractivity contribution in [3.05, 3.63) is 0 Å². The van der Waals surface area contributed by atoms with Gasteiger partial charge in [-0.2, -0.15) is 0 Å². The lowest BCUT2D eigenvalue weighted by Gasteiger charge is -2.43. The Balaban J connectivity index is 2.36. The smallest absolute Gasteiger partial charge is 0.0281 e. The maximum atomic E-state index is 3.42. The van der Waals surface area contributed by atoms with Crippen LogP contribution in [0, 0.1) is 0 Å². The molecule has 1 N–H and O–H groups in total. The Hall–Kier alpha value is -0.120.